The Morgan fingerprint density at radius 1 is 1.10 bits per heavy atom. The van der Waals surface area contributed by atoms with Gasteiger partial charge in [0.25, 0.3) is 0 Å². The van der Waals surface area contributed by atoms with Crippen molar-refractivity contribution in [3.8, 4) is 0 Å². The molecule has 0 amide bonds. The number of hydrogen-bond donors (Lipinski definition) is 2. The highest BCUT2D eigenvalue weighted by atomic mass is 19.1. The van der Waals surface area contributed by atoms with Crippen LogP contribution in [0.5, 0.6) is 0 Å². The average molecular weight is 588 g/mol. The van der Waals surface area contributed by atoms with Crippen molar-refractivity contribution >= 4 is 11.4 Å². The van der Waals surface area contributed by atoms with Crippen LogP contribution in [-0.2, 0) is 17.7 Å². The van der Waals surface area contributed by atoms with Crippen molar-refractivity contribution < 1.29 is 22.3 Å². The highest BCUT2D eigenvalue weighted by molar-refractivity contribution is 5.62. The Hall–Kier alpha value is -2.40. The molecule has 42 heavy (non-hydrogen) atoms. The van der Waals surface area contributed by atoms with Crippen LogP contribution < -0.4 is 10.7 Å². The first-order valence-electron chi connectivity index (χ1n) is 15.6. The second-order valence-electron chi connectivity index (χ2n) is 13.0. The molecule has 5 aliphatic rings. The summed E-state index contributed by atoms with van der Waals surface area (Å²) in [5, 5.41) is 5.38. The van der Waals surface area contributed by atoms with Gasteiger partial charge in [-0.05, 0) is 86.8 Å². The van der Waals surface area contributed by atoms with Crippen LogP contribution in [-0.4, -0.2) is 78.2 Å². The highest BCUT2D eigenvalue weighted by Crippen LogP contribution is 2.49. The number of anilines is 2. The van der Waals surface area contributed by atoms with Gasteiger partial charge >= 0.3 is 0 Å². The lowest BCUT2D eigenvalue weighted by atomic mass is 9.81. The van der Waals surface area contributed by atoms with Gasteiger partial charge in [-0.3, -0.25) is 14.2 Å². The molecule has 1 unspecified atom stereocenters. The first-order chi connectivity index (χ1) is 20.3. The van der Waals surface area contributed by atoms with E-state index in [9.17, 15) is 4.39 Å². The third kappa shape index (κ3) is 5.40. The Morgan fingerprint density at radius 3 is 2.57 bits per heavy atom. The smallest absolute Gasteiger partial charge is 0.133 e. The summed E-state index contributed by atoms with van der Waals surface area (Å²) in [6.45, 7) is 5.38. The Bertz CT molecular complexity index is 1290. The highest BCUT2D eigenvalue weighted by Gasteiger charge is 2.49. The molecule has 2 aromatic rings. The van der Waals surface area contributed by atoms with Gasteiger partial charge in [0.2, 0.25) is 0 Å². The van der Waals surface area contributed by atoms with E-state index < -0.39 is 23.3 Å². The molecule has 1 aliphatic carbocycles. The standard InChI is InChI=1S/C32H41F4N5O/c1-20-13-24-23(6-7-28-25(24)18-41(38-28)29-5-2-3-12-42-29)31(40(20)19-32(36)8-9-32)30-26(34)14-21(15-27(30)35)37-22-16-39(17-22)11-4-10-33/h6-7,14-15,20,22,29,31,37-38H,2-5,8-13,16-19H2,1H3/t20-,29?,31+/m1/s1. The van der Waals surface area contributed by atoms with E-state index in [0.717, 1.165) is 48.2 Å². The zero-order valence-electron chi connectivity index (χ0n) is 24.3. The van der Waals surface area contributed by atoms with Crippen LogP contribution in [0.15, 0.2) is 24.3 Å². The van der Waals surface area contributed by atoms with Crippen LogP contribution in [0, 0.1) is 11.6 Å². The molecule has 0 spiro atoms. The zero-order chi connectivity index (χ0) is 29.0. The number of hydrogen-bond acceptors (Lipinski definition) is 6. The van der Waals surface area contributed by atoms with E-state index in [4.69, 9.17) is 4.74 Å². The minimum absolute atomic E-state index is 0.00209. The Balaban J connectivity index is 1.19. The van der Waals surface area contributed by atoms with Crippen LogP contribution in [0.3, 0.4) is 0 Å². The minimum Gasteiger partial charge on any atom is -0.380 e. The first-order valence-corrected chi connectivity index (χ1v) is 15.6. The topological polar surface area (TPSA) is 43.0 Å². The van der Waals surface area contributed by atoms with Gasteiger partial charge in [-0.1, -0.05) is 6.07 Å². The fourth-order valence-electron chi connectivity index (χ4n) is 7.33. The van der Waals surface area contributed by atoms with Crippen LogP contribution in [0.2, 0.25) is 0 Å². The lowest BCUT2D eigenvalue weighted by Crippen LogP contribution is -2.54. The molecule has 0 bridgehead atoms. The second-order valence-corrected chi connectivity index (χ2v) is 13.0. The molecule has 2 saturated heterocycles. The number of nitrogens with zero attached hydrogens (tertiary/aromatic N) is 3. The molecule has 3 fully saturated rings. The van der Waals surface area contributed by atoms with Crippen LogP contribution >= 0.6 is 0 Å². The molecule has 10 heteroatoms. The van der Waals surface area contributed by atoms with Crippen LogP contribution in [0.1, 0.15) is 73.7 Å². The monoisotopic (exact) mass is 587 g/mol. The number of fused-ring (bicyclic) bond motifs is 3. The molecular weight excluding hydrogens is 546 g/mol. The van der Waals surface area contributed by atoms with Gasteiger partial charge < -0.3 is 15.5 Å². The molecular formula is C32H41F4N5O. The predicted octanol–water partition coefficient (Wildman–Crippen LogP) is 5.93. The van der Waals surface area contributed by atoms with E-state index in [2.05, 4.69) is 20.7 Å². The van der Waals surface area contributed by atoms with Crippen molar-refractivity contribution in [3.63, 3.8) is 0 Å². The van der Waals surface area contributed by atoms with Gasteiger partial charge in [0.1, 0.15) is 23.5 Å². The van der Waals surface area contributed by atoms with Gasteiger partial charge in [0.15, 0.2) is 0 Å². The molecule has 1 saturated carbocycles. The third-order valence-corrected chi connectivity index (χ3v) is 9.80. The van der Waals surface area contributed by atoms with Crippen molar-refractivity contribution in [1.82, 2.24) is 14.8 Å². The lowest BCUT2D eigenvalue weighted by Gasteiger charge is -2.44. The summed E-state index contributed by atoms with van der Waals surface area (Å²) in [5.74, 6) is -1.25. The normalized spacial score (nSPS) is 27.7. The number of benzene rings is 2. The minimum atomic E-state index is -1.30. The number of ether oxygens (including phenoxy) is 1. The first kappa shape index (κ1) is 28.4. The molecule has 7 rings (SSSR count). The second kappa shape index (κ2) is 11.3. The Labute approximate surface area is 245 Å². The predicted molar refractivity (Wildman–Crippen MR) is 155 cm³/mol. The number of hydrazine groups is 1. The van der Waals surface area contributed by atoms with E-state index in [1.165, 1.54) is 12.1 Å². The summed E-state index contributed by atoms with van der Waals surface area (Å²) in [6.07, 6.45) is 5.31. The summed E-state index contributed by atoms with van der Waals surface area (Å²) in [6, 6.07) is 5.96. The molecule has 228 valence electrons. The molecule has 2 N–H and O–H groups in total. The zero-order valence-corrected chi connectivity index (χ0v) is 24.3. The fraction of sp³-hybridized carbons (Fsp3) is 0.625. The molecule has 0 radical (unpaired) electrons. The van der Waals surface area contributed by atoms with Crippen molar-refractivity contribution in [3.05, 3.63) is 58.2 Å². The Morgan fingerprint density at radius 2 is 1.88 bits per heavy atom. The average Bonchev–Trinajstić information content (AvgIpc) is 3.51. The Kier molecular flexibility index (Phi) is 7.61. The van der Waals surface area contributed by atoms with Crippen molar-refractivity contribution in [2.45, 2.75) is 88.4 Å². The summed E-state index contributed by atoms with van der Waals surface area (Å²) < 4.78 is 65.9. The van der Waals surface area contributed by atoms with Gasteiger partial charge in [-0.25, -0.2) is 13.2 Å². The maximum Gasteiger partial charge on any atom is 0.133 e. The van der Waals surface area contributed by atoms with E-state index in [-0.39, 0.29) is 37.1 Å². The summed E-state index contributed by atoms with van der Waals surface area (Å²) in [4.78, 5) is 4.10. The largest absolute Gasteiger partial charge is 0.380 e. The number of alkyl halides is 2. The van der Waals surface area contributed by atoms with Crippen LogP contribution in [0.4, 0.5) is 28.9 Å². The van der Waals surface area contributed by atoms with E-state index >= 15 is 13.2 Å². The third-order valence-electron chi connectivity index (χ3n) is 9.80. The molecule has 2 aromatic carbocycles. The van der Waals surface area contributed by atoms with Gasteiger partial charge in [0, 0.05) is 56.6 Å². The fourth-order valence-corrected chi connectivity index (χ4v) is 7.33. The van der Waals surface area contributed by atoms with Gasteiger partial charge in [0.05, 0.1) is 24.4 Å². The number of likely N-dealkylation sites (tertiary alicyclic amines) is 1. The molecule has 0 aromatic heterocycles. The maximum absolute atomic E-state index is 16.0. The quantitative estimate of drug-likeness (QED) is 0.355. The van der Waals surface area contributed by atoms with E-state index in [1.54, 1.807) is 0 Å². The maximum atomic E-state index is 16.0. The van der Waals surface area contributed by atoms with Crippen LogP contribution in [0.25, 0.3) is 0 Å². The van der Waals surface area contributed by atoms with Crippen molar-refractivity contribution in [1.29, 1.82) is 0 Å². The number of rotatable bonds is 9. The molecule has 3 atom stereocenters. The van der Waals surface area contributed by atoms with E-state index in [0.29, 0.717) is 57.5 Å². The summed E-state index contributed by atoms with van der Waals surface area (Å²) in [5.41, 5.74) is 6.68. The summed E-state index contributed by atoms with van der Waals surface area (Å²) in [7, 11) is 0. The lowest BCUT2D eigenvalue weighted by molar-refractivity contribution is -0.0756. The van der Waals surface area contributed by atoms with Crippen molar-refractivity contribution in [2.24, 2.45) is 0 Å². The molecule has 4 aliphatic heterocycles. The van der Waals surface area contributed by atoms with E-state index in [1.807, 2.05) is 24.0 Å². The van der Waals surface area contributed by atoms with Gasteiger partial charge in [-0.15, -0.1) is 0 Å². The van der Waals surface area contributed by atoms with Crippen molar-refractivity contribution in [2.75, 3.05) is 50.2 Å². The van der Waals surface area contributed by atoms with Gasteiger partial charge in [-0.2, -0.15) is 5.01 Å². The molecule has 4 heterocycles. The molecule has 6 nitrogen and oxygen atoms in total. The SMILES string of the molecule is C[C@@H]1Cc2c(ccc3c2CN(C2CCCCO2)N3)[C@@H](c2c(F)cc(NC3CN(CCCF)C3)cc2F)N1CC1(F)CC1. The number of nitrogens with one attached hydrogen (secondary N) is 2. The summed E-state index contributed by atoms with van der Waals surface area (Å²) >= 11 is 0. The number of halogens is 4.